The van der Waals surface area contributed by atoms with Crippen molar-refractivity contribution in [1.82, 2.24) is 4.31 Å². The zero-order valence-corrected chi connectivity index (χ0v) is 14.3. The Morgan fingerprint density at radius 2 is 1.96 bits per heavy atom. The number of fused-ring (bicyclic) bond motifs is 5. The van der Waals surface area contributed by atoms with Gasteiger partial charge in [-0.05, 0) is 31.6 Å². The molecule has 6 nitrogen and oxygen atoms in total. The molecular weight excluding hydrogens is 318 g/mol. The van der Waals surface area contributed by atoms with Crippen molar-refractivity contribution >= 4 is 21.9 Å². The molecule has 3 rings (SSSR count). The summed E-state index contributed by atoms with van der Waals surface area (Å²) in [5, 5.41) is -0.457. The van der Waals surface area contributed by atoms with E-state index in [0.29, 0.717) is 6.42 Å². The highest BCUT2D eigenvalue weighted by molar-refractivity contribution is 7.90. The Morgan fingerprint density at radius 1 is 1.26 bits per heavy atom. The van der Waals surface area contributed by atoms with Crippen molar-refractivity contribution in [2.75, 3.05) is 13.2 Å². The summed E-state index contributed by atoms with van der Waals surface area (Å²) in [5.41, 5.74) is 0. The zero-order valence-electron chi connectivity index (χ0n) is 13.5. The highest BCUT2D eigenvalue weighted by atomic mass is 32.2. The van der Waals surface area contributed by atoms with Crippen LogP contribution in [0.2, 0.25) is 0 Å². The van der Waals surface area contributed by atoms with Gasteiger partial charge in [0.05, 0.1) is 18.3 Å². The van der Waals surface area contributed by atoms with Crippen molar-refractivity contribution < 1.29 is 22.7 Å². The van der Waals surface area contributed by atoms with E-state index < -0.39 is 33.1 Å². The first-order valence-electron chi connectivity index (χ1n) is 8.29. The number of amides is 1. The molecule has 7 heteroatoms. The molecule has 0 aromatic carbocycles. The van der Waals surface area contributed by atoms with Crippen LogP contribution in [-0.4, -0.2) is 43.0 Å². The van der Waals surface area contributed by atoms with E-state index in [-0.39, 0.29) is 37.3 Å². The molecule has 0 spiro atoms. The Hall–Kier alpha value is -1.37. The minimum atomic E-state index is -3.62. The molecule has 5 atom stereocenters. The molecule has 1 saturated carbocycles. The van der Waals surface area contributed by atoms with Gasteiger partial charge in [0, 0.05) is 18.4 Å². The van der Waals surface area contributed by atoms with Gasteiger partial charge in [-0.25, -0.2) is 12.7 Å². The van der Waals surface area contributed by atoms with Crippen molar-refractivity contribution in [3.63, 3.8) is 0 Å². The molecule has 0 N–H and O–H groups in total. The van der Waals surface area contributed by atoms with Crippen LogP contribution in [0.5, 0.6) is 0 Å². The molecule has 1 heterocycles. The Balaban J connectivity index is 1.76. The van der Waals surface area contributed by atoms with E-state index in [0.717, 1.165) is 10.7 Å². The van der Waals surface area contributed by atoms with Gasteiger partial charge >= 0.3 is 5.97 Å². The van der Waals surface area contributed by atoms with Gasteiger partial charge in [0.1, 0.15) is 0 Å². The van der Waals surface area contributed by atoms with Crippen LogP contribution in [0.15, 0.2) is 12.2 Å². The maximum atomic E-state index is 12.8. The fourth-order valence-corrected chi connectivity index (χ4v) is 6.70. The third-order valence-corrected chi connectivity index (χ3v) is 7.71. The highest BCUT2D eigenvalue weighted by Crippen LogP contribution is 2.51. The van der Waals surface area contributed by atoms with Crippen molar-refractivity contribution in [1.29, 1.82) is 0 Å². The Bertz CT molecular complexity index is 641. The summed E-state index contributed by atoms with van der Waals surface area (Å²) in [6.45, 7) is 4.01. The lowest BCUT2D eigenvalue weighted by Crippen LogP contribution is -2.40. The third-order valence-electron chi connectivity index (χ3n) is 5.38. The smallest absolute Gasteiger partial charge is 0.306 e. The zero-order chi connectivity index (χ0) is 16.8. The molecular formula is C16H23NO5S. The topological polar surface area (TPSA) is 80.8 Å². The van der Waals surface area contributed by atoms with Gasteiger partial charge in [-0.2, -0.15) is 0 Å². The summed E-state index contributed by atoms with van der Waals surface area (Å²) >= 11 is 0. The normalized spacial score (nSPS) is 34.4. The number of allylic oxidation sites excluding steroid dienone is 2. The molecule has 2 aliphatic carbocycles. The molecule has 0 unspecified atom stereocenters. The number of nitrogens with zero attached hydrogens (tertiary/aromatic N) is 1. The van der Waals surface area contributed by atoms with Crippen molar-refractivity contribution in [3.8, 4) is 0 Å². The van der Waals surface area contributed by atoms with E-state index in [1.165, 1.54) is 0 Å². The molecule has 1 amide bonds. The van der Waals surface area contributed by atoms with E-state index in [2.05, 4.69) is 6.08 Å². The Kier molecular flexibility index (Phi) is 4.25. The van der Waals surface area contributed by atoms with Gasteiger partial charge in [0.15, 0.2) is 0 Å². The Labute approximate surface area is 136 Å². The average Bonchev–Trinajstić information content (AvgIpc) is 3.16. The lowest BCUT2D eigenvalue weighted by molar-refractivity contribution is -0.147. The molecule has 2 fully saturated rings. The van der Waals surface area contributed by atoms with Gasteiger partial charge in [-0.15, -0.1) is 0 Å². The van der Waals surface area contributed by atoms with Crippen LogP contribution in [0, 0.1) is 23.7 Å². The van der Waals surface area contributed by atoms with Gasteiger partial charge in [0.25, 0.3) is 0 Å². The van der Waals surface area contributed by atoms with Gasteiger partial charge in [-0.3, -0.25) is 9.59 Å². The molecule has 0 aromatic heterocycles. The number of hydrogen-bond donors (Lipinski definition) is 0. The third kappa shape index (κ3) is 2.58. The molecule has 0 radical (unpaired) electrons. The first-order chi connectivity index (χ1) is 10.9. The largest absolute Gasteiger partial charge is 0.466 e. The quantitative estimate of drug-likeness (QED) is 0.557. The number of sulfonamides is 1. The van der Waals surface area contributed by atoms with E-state index in [1.807, 2.05) is 6.08 Å². The monoisotopic (exact) mass is 341 g/mol. The first kappa shape index (κ1) is 16.5. The van der Waals surface area contributed by atoms with Gasteiger partial charge < -0.3 is 4.74 Å². The number of rotatable bonds is 5. The summed E-state index contributed by atoms with van der Waals surface area (Å²) in [7, 11) is -3.62. The van der Waals surface area contributed by atoms with E-state index in [9.17, 15) is 18.0 Å². The van der Waals surface area contributed by atoms with Crippen LogP contribution in [0.3, 0.4) is 0 Å². The molecule has 2 bridgehead atoms. The summed E-state index contributed by atoms with van der Waals surface area (Å²) in [6, 6.07) is 0. The second-order valence-corrected chi connectivity index (χ2v) is 8.62. The van der Waals surface area contributed by atoms with Crippen molar-refractivity contribution in [2.24, 2.45) is 23.7 Å². The van der Waals surface area contributed by atoms with E-state index in [4.69, 9.17) is 4.74 Å². The highest BCUT2D eigenvalue weighted by Gasteiger charge is 2.59. The van der Waals surface area contributed by atoms with Crippen LogP contribution < -0.4 is 0 Å². The summed E-state index contributed by atoms with van der Waals surface area (Å²) in [5.74, 6) is -1.21. The fraction of sp³-hybridized carbons (Fsp3) is 0.750. The second-order valence-electron chi connectivity index (χ2n) is 6.61. The predicted octanol–water partition coefficient (Wildman–Crippen LogP) is 1.33. The number of carbonyl (C=O) groups excluding carboxylic acids is 2. The van der Waals surface area contributed by atoms with E-state index in [1.54, 1.807) is 13.8 Å². The summed E-state index contributed by atoms with van der Waals surface area (Å²) < 4.78 is 31.5. The minimum absolute atomic E-state index is 0.0130. The van der Waals surface area contributed by atoms with Crippen molar-refractivity contribution in [3.05, 3.63) is 12.2 Å². The fourth-order valence-electron chi connectivity index (χ4n) is 4.25. The average molecular weight is 341 g/mol. The number of hydrogen-bond acceptors (Lipinski definition) is 5. The number of carbonyl (C=O) groups is 2. The summed E-state index contributed by atoms with van der Waals surface area (Å²) in [6.07, 6.45) is 5.31. The van der Waals surface area contributed by atoms with Crippen LogP contribution in [0.25, 0.3) is 0 Å². The van der Waals surface area contributed by atoms with Crippen LogP contribution >= 0.6 is 0 Å². The Morgan fingerprint density at radius 3 is 2.57 bits per heavy atom. The molecule has 3 aliphatic rings. The van der Waals surface area contributed by atoms with Gasteiger partial charge in [0.2, 0.25) is 15.9 Å². The maximum absolute atomic E-state index is 12.8. The van der Waals surface area contributed by atoms with Gasteiger partial charge in [-0.1, -0.05) is 19.1 Å². The molecule has 23 heavy (non-hydrogen) atoms. The summed E-state index contributed by atoms with van der Waals surface area (Å²) in [4.78, 5) is 24.4. The predicted molar refractivity (Wildman–Crippen MR) is 83.7 cm³/mol. The standard InChI is InChI=1S/C16H23NO5S/c1-3-10(8-14(18)22-4-2)16(19)17-9-13-11-5-6-12(7-11)15(13)23(17,20)21/h5-6,10-13,15H,3-4,7-9H2,1-2H3/t10-,11-,12+,13-,15+/m1/s1. The second kappa shape index (κ2) is 5.92. The molecule has 1 aliphatic heterocycles. The van der Waals surface area contributed by atoms with Crippen molar-refractivity contribution in [2.45, 2.75) is 38.4 Å². The van der Waals surface area contributed by atoms with Crippen LogP contribution in [0.4, 0.5) is 0 Å². The molecule has 0 aromatic rings. The minimum Gasteiger partial charge on any atom is -0.466 e. The van der Waals surface area contributed by atoms with E-state index >= 15 is 0 Å². The molecule has 128 valence electrons. The van der Waals surface area contributed by atoms with Crippen LogP contribution in [0.1, 0.15) is 33.1 Å². The lowest BCUT2D eigenvalue weighted by atomic mass is 9.93. The first-order valence-corrected chi connectivity index (χ1v) is 9.79. The number of esters is 1. The maximum Gasteiger partial charge on any atom is 0.306 e. The SMILES string of the molecule is CCOC(=O)C[C@@H](CC)C(=O)N1C[C@H]2[C@H]([C@H]3C=C[C@@H]2C3)S1(=O)=O. The molecule has 1 saturated heterocycles. The number of ether oxygens (including phenoxy) is 1. The lowest BCUT2D eigenvalue weighted by Gasteiger charge is -2.23. The van der Waals surface area contributed by atoms with Crippen LogP contribution in [-0.2, 0) is 24.3 Å².